The van der Waals surface area contributed by atoms with E-state index >= 15 is 0 Å². The standard InChI is InChI=1S/C11H20N4/c1-5-8(4)12-11-13-9(6-2)10(7-3)14-15-11/h8H,5-7H2,1-4H3,(H,12,13,15). The number of aryl methyl sites for hydroxylation is 2. The zero-order valence-corrected chi connectivity index (χ0v) is 10.0. The Morgan fingerprint density at radius 1 is 1.07 bits per heavy atom. The van der Waals surface area contributed by atoms with E-state index in [9.17, 15) is 0 Å². The van der Waals surface area contributed by atoms with Crippen LogP contribution in [0.15, 0.2) is 0 Å². The molecule has 0 radical (unpaired) electrons. The predicted molar refractivity (Wildman–Crippen MR) is 62.0 cm³/mol. The number of hydrogen-bond donors (Lipinski definition) is 1. The Hall–Kier alpha value is -1.19. The van der Waals surface area contributed by atoms with E-state index in [1.165, 1.54) is 0 Å². The summed E-state index contributed by atoms with van der Waals surface area (Å²) in [6, 6.07) is 0.393. The molecule has 1 unspecified atom stereocenters. The molecule has 1 rings (SSSR count). The van der Waals surface area contributed by atoms with Crippen molar-refractivity contribution in [2.45, 2.75) is 53.0 Å². The number of anilines is 1. The molecule has 15 heavy (non-hydrogen) atoms. The average Bonchev–Trinajstić information content (AvgIpc) is 2.28. The lowest BCUT2D eigenvalue weighted by molar-refractivity contribution is 0.734. The molecule has 0 saturated carbocycles. The zero-order chi connectivity index (χ0) is 11.3. The van der Waals surface area contributed by atoms with Crippen LogP contribution in [0.3, 0.4) is 0 Å². The van der Waals surface area contributed by atoms with Crippen LogP contribution in [0.5, 0.6) is 0 Å². The van der Waals surface area contributed by atoms with Crippen LogP contribution in [-0.4, -0.2) is 21.2 Å². The molecule has 0 bridgehead atoms. The number of hydrogen-bond acceptors (Lipinski definition) is 4. The molecule has 4 heteroatoms. The summed E-state index contributed by atoms with van der Waals surface area (Å²) in [5.41, 5.74) is 2.06. The van der Waals surface area contributed by atoms with Crippen molar-refractivity contribution >= 4 is 5.95 Å². The van der Waals surface area contributed by atoms with Crippen LogP contribution >= 0.6 is 0 Å². The third-order valence-corrected chi connectivity index (χ3v) is 2.50. The number of aromatic nitrogens is 3. The number of nitrogens with zero attached hydrogens (tertiary/aromatic N) is 3. The highest BCUT2D eigenvalue weighted by Gasteiger charge is 2.07. The van der Waals surface area contributed by atoms with Crippen LogP contribution in [0.2, 0.25) is 0 Å². The Morgan fingerprint density at radius 3 is 2.27 bits per heavy atom. The molecule has 1 heterocycles. The zero-order valence-electron chi connectivity index (χ0n) is 10.0. The van der Waals surface area contributed by atoms with Crippen molar-refractivity contribution in [1.82, 2.24) is 15.2 Å². The minimum atomic E-state index is 0.393. The minimum Gasteiger partial charge on any atom is -0.350 e. The fourth-order valence-electron chi connectivity index (χ4n) is 1.32. The summed E-state index contributed by atoms with van der Waals surface area (Å²) in [4.78, 5) is 4.47. The van der Waals surface area contributed by atoms with Gasteiger partial charge in [-0.1, -0.05) is 20.8 Å². The summed E-state index contributed by atoms with van der Waals surface area (Å²) < 4.78 is 0. The van der Waals surface area contributed by atoms with Gasteiger partial charge in [-0.25, -0.2) is 4.98 Å². The minimum absolute atomic E-state index is 0.393. The maximum Gasteiger partial charge on any atom is 0.243 e. The molecule has 84 valence electrons. The van der Waals surface area contributed by atoms with Gasteiger partial charge < -0.3 is 5.32 Å². The largest absolute Gasteiger partial charge is 0.350 e. The van der Waals surface area contributed by atoms with Crippen LogP contribution in [0.25, 0.3) is 0 Å². The maximum absolute atomic E-state index is 4.47. The second-order valence-electron chi connectivity index (χ2n) is 3.69. The molecule has 4 nitrogen and oxygen atoms in total. The van der Waals surface area contributed by atoms with Gasteiger partial charge >= 0.3 is 0 Å². The van der Waals surface area contributed by atoms with Gasteiger partial charge in [-0.15, -0.1) is 5.10 Å². The van der Waals surface area contributed by atoms with Crippen LogP contribution in [-0.2, 0) is 12.8 Å². The smallest absolute Gasteiger partial charge is 0.243 e. The fraction of sp³-hybridized carbons (Fsp3) is 0.727. The quantitative estimate of drug-likeness (QED) is 0.806. The molecule has 0 aliphatic heterocycles. The lowest BCUT2D eigenvalue weighted by Gasteiger charge is -2.12. The maximum atomic E-state index is 4.47. The molecule has 0 saturated heterocycles. The number of rotatable bonds is 5. The summed E-state index contributed by atoms with van der Waals surface area (Å²) >= 11 is 0. The van der Waals surface area contributed by atoms with Gasteiger partial charge in [0.15, 0.2) is 0 Å². The molecule has 1 aromatic heterocycles. The summed E-state index contributed by atoms with van der Waals surface area (Å²) in [6.07, 6.45) is 2.86. The SMILES string of the molecule is CCc1nnc(NC(C)CC)nc1CC. The van der Waals surface area contributed by atoms with Gasteiger partial charge in [-0.3, -0.25) is 0 Å². The third-order valence-electron chi connectivity index (χ3n) is 2.50. The van der Waals surface area contributed by atoms with Gasteiger partial charge in [0.05, 0.1) is 11.4 Å². The van der Waals surface area contributed by atoms with E-state index in [0.717, 1.165) is 30.7 Å². The Balaban J connectivity index is 2.83. The molecule has 1 N–H and O–H groups in total. The Kier molecular flexibility index (Phi) is 4.46. The highest BCUT2D eigenvalue weighted by Crippen LogP contribution is 2.08. The van der Waals surface area contributed by atoms with Gasteiger partial charge in [0.1, 0.15) is 0 Å². The van der Waals surface area contributed by atoms with Crippen LogP contribution in [0.4, 0.5) is 5.95 Å². The Morgan fingerprint density at radius 2 is 1.73 bits per heavy atom. The topological polar surface area (TPSA) is 50.7 Å². The normalized spacial score (nSPS) is 12.5. The van der Waals surface area contributed by atoms with Crippen molar-refractivity contribution in [1.29, 1.82) is 0 Å². The molecule has 0 fully saturated rings. The van der Waals surface area contributed by atoms with Gasteiger partial charge in [0.25, 0.3) is 0 Å². The van der Waals surface area contributed by atoms with E-state index in [1.807, 2.05) is 0 Å². The molecular formula is C11H20N4. The van der Waals surface area contributed by atoms with Crippen molar-refractivity contribution in [2.24, 2.45) is 0 Å². The van der Waals surface area contributed by atoms with E-state index in [-0.39, 0.29) is 0 Å². The monoisotopic (exact) mass is 208 g/mol. The summed E-state index contributed by atoms with van der Waals surface area (Å²) in [7, 11) is 0. The molecule has 0 aliphatic rings. The molecular weight excluding hydrogens is 188 g/mol. The first-order valence-electron chi connectivity index (χ1n) is 5.70. The molecule has 1 aromatic rings. The lowest BCUT2D eigenvalue weighted by Crippen LogP contribution is -2.17. The van der Waals surface area contributed by atoms with Crippen molar-refractivity contribution in [2.75, 3.05) is 5.32 Å². The second kappa shape index (κ2) is 5.63. The molecule has 0 amide bonds. The van der Waals surface area contributed by atoms with Crippen molar-refractivity contribution in [3.63, 3.8) is 0 Å². The molecule has 0 spiro atoms. The van der Waals surface area contributed by atoms with Gasteiger partial charge in [0, 0.05) is 6.04 Å². The third kappa shape index (κ3) is 3.15. The van der Waals surface area contributed by atoms with Gasteiger partial charge in [-0.05, 0) is 26.2 Å². The lowest BCUT2D eigenvalue weighted by atomic mass is 10.2. The summed E-state index contributed by atoms with van der Waals surface area (Å²) in [6.45, 7) is 8.41. The second-order valence-corrected chi connectivity index (χ2v) is 3.69. The Labute approximate surface area is 91.5 Å². The first-order chi connectivity index (χ1) is 7.21. The highest BCUT2D eigenvalue weighted by molar-refractivity contribution is 5.26. The summed E-state index contributed by atoms with van der Waals surface area (Å²) in [5.74, 6) is 0.651. The molecule has 0 aromatic carbocycles. The van der Waals surface area contributed by atoms with E-state index < -0.39 is 0 Å². The van der Waals surface area contributed by atoms with Crippen molar-refractivity contribution in [3.8, 4) is 0 Å². The first kappa shape index (κ1) is 11.9. The number of nitrogens with one attached hydrogen (secondary N) is 1. The van der Waals surface area contributed by atoms with E-state index in [4.69, 9.17) is 0 Å². The van der Waals surface area contributed by atoms with Gasteiger partial charge in [-0.2, -0.15) is 5.10 Å². The van der Waals surface area contributed by atoms with Crippen LogP contribution in [0.1, 0.15) is 45.5 Å². The van der Waals surface area contributed by atoms with Crippen LogP contribution < -0.4 is 5.32 Å². The molecule has 0 aliphatic carbocycles. The average molecular weight is 208 g/mol. The predicted octanol–water partition coefficient (Wildman–Crippen LogP) is 2.21. The van der Waals surface area contributed by atoms with Crippen LogP contribution in [0, 0.1) is 0 Å². The van der Waals surface area contributed by atoms with Gasteiger partial charge in [0.2, 0.25) is 5.95 Å². The van der Waals surface area contributed by atoms with E-state index in [2.05, 4.69) is 48.2 Å². The molecule has 1 atom stereocenters. The Bertz CT molecular complexity index is 311. The van der Waals surface area contributed by atoms with E-state index in [0.29, 0.717) is 12.0 Å². The van der Waals surface area contributed by atoms with E-state index in [1.54, 1.807) is 0 Å². The first-order valence-corrected chi connectivity index (χ1v) is 5.70. The summed E-state index contributed by atoms with van der Waals surface area (Å²) in [5, 5.41) is 11.5. The van der Waals surface area contributed by atoms with Crippen molar-refractivity contribution in [3.05, 3.63) is 11.4 Å². The fourth-order valence-corrected chi connectivity index (χ4v) is 1.32. The van der Waals surface area contributed by atoms with Crippen molar-refractivity contribution < 1.29 is 0 Å². The highest BCUT2D eigenvalue weighted by atomic mass is 15.2.